The van der Waals surface area contributed by atoms with E-state index in [4.69, 9.17) is 9.97 Å². The molecule has 2 heteroatoms. The van der Waals surface area contributed by atoms with Gasteiger partial charge in [0, 0.05) is 21.9 Å². The molecule has 0 amide bonds. The zero-order valence-electron chi connectivity index (χ0n) is 20.6. The maximum atomic E-state index is 5.27. The Balaban J connectivity index is 1.42. The van der Waals surface area contributed by atoms with Gasteiger partial charge >= 0.3 is 0 Å². The number of rotatable bonds is 2. The molecular formula is C36H22N2. The molecule has 0 unspecified atom stereocenters. The topological polar surface area (TPSA) is 25.8 Å². The number of hydrogen-bond donors (Lipinski definition) is 0. The summed E-state index contributed by atoms with van der Waals surface area (Å²) < 4.78 is 0. The van der Waals surface area contributed by atoms with Crippen molar-refractivity contribution in [2.75, 3.05) is 0 Å². The predicted molar refractivity (Wildman–Crippen MR) is 160 cm³/mol. The molecule has 0 N–H and O–H groups in total. The zero-order chi connectivity index (χ0) is 25.1. The number of benzene rings is 6. The highest BCUT2D eigenvalue weighted by molar-refractivity contribution is 6.23. The molecule has 0 atom stereocenters. The van der Waals surface area contributed by atoms with Crippen LogP contribution in [0.25, 0.3) is 76.6 Å². The van der Waals surface area contributed by atoms with Crippen molar-refractivity contribution in [1.82, 2.24) is 9.97 Å². The van der Waals surface area contributed by atoms with E-state index in [0.29, 0.717) is 0 Å². The molecule has 0 saturated carbocycles. The third kappa shape index (κ3) is 3.21. The normalized spacial score (nSPS) is 11.7. The van der Waals surface area contributed by atoms with Gasteiger partial charge in [-0.2, -0.15) is 0 Å². The lowest BCUT2D eigenvalue weighted by Gasteiger charge is -2.13. The molecule has 0 saturated heterocycles. The Morgan fingerprint density at radius 3 is 1.71 bits per heavy atom. The lowest BCUT2D eigenvalue weighted by atomic mass is 9.92. The Hall–Kier alpha value is -5.08. The molecule has 6 aromatic carbocycles. The van der Waals surface area contributed by atoms with Gasteiger partial charge in [0.2, 0.25) is 0 Å². The van der Waals surface area contributed by atoms with Crippen LogP contribution in [0.1, 0.15) is 0 Å². The maximum Gasteiger partial charge on any atom is 0.0972 e. The second kappa shape index (κ2) is 8.22. The summed E-state index contributed by atoms with van der Waals surface area (Å²) >= 11 is 0. The van der Waals surface area contributed by atoms with Crippen molar-refractivity contribution in [2.45, 2.75) is 0 Å². The molecule has 0 fully saturated rings. The van der Waals surface area contributed by atoms with Gasteiger partial charge in [0.25, 0.3) is 0 Å². The second-order valence-corrected chi connectivity index (χ2v) is 9.82. The molecule has 176 valence electrons. The average Bonchev–Trinajstić information content (AvgIpc) is 3.00. The van der Waals surface area contributed by atoms with E-state index in [-0.39, 0.29) is 0 Å². The van der Waals surface area contributed by atoms with Crippen LogP contribution >= 0.6 is 0 Å². The molecule has 38 heavy (non-hydrogen) atoms. The lowest BCUT2D eigenvalue weighted by molar-refractivity contribution is 1.37. The Labute approximate surface area is 219 Å². The average molecular weight is 483 g/mol. The van der Waals surface area contributed by atoms with Crippen LogP contribution in [-0.4, -0.2) is 9.97 Å². The van der Waals surface area contributed by atoms with Crippen molar-refractivity contribution in [3.8, 4) is 22.5 Å². The van der Waals surface area contributed by atoms with Crippen molar-refractivity contribution in [1.29, 1.82) is 0 Å². The monoisotopic (exact) mass is 482 g/mol. The molecule has 0 aliphatic rings. The number of aromatic nitrogens is 2. The van der Waals surface area contributed by atoms with Crippen LogP contribution in [0.2, 0.25) is 0 Å². The molecule has 0 radical (unpaired) electrons. The molecule has 2 nitrogen and oxygen atoms in total. The Morgan fingerprint density at radius 1 is 0.368 bits per heavy atom. The fourth-order valence-corrected chi connectivity index (χ4v) is 5.78. The largest absolute Gasteiger partial charge is 0.245 e. The van der Waals surface area contributed by atoms with Gasteiger partial charge in [0.15, 0.2) is 0 Å². The van der Waals surface area contributed by atoms with E-state index in [1.807, 2.05) is 6.07 Å². The van der Waals surface area contributed by atoms with Gasteiger partial charge in [-0.1, -0.05) is 115 Å². The Kier molecular flexibility index (Phi) is 4.55. The summed E-state index contributed by atoms with van der Waals surface area (Å²) in [6, 6.07) is 47.2. The Bertz CT molecular complexity index is 2180. The van der Waals surface area contributed by atoms with E-state index >= 15 is 0 Å². The van der Waals surface area contributed by atoms with Crippen LogP contribution in [0.4, 0.5) is 0 Å². The number of hydrogen-bond acceptors (Lipinski definition) is 2. The van der Waals surface area contributed by atoms with Crippen molar-refractivity contribution in [3.63, 3.8) is 0 Å². The zero-order valence-corrected chi connectivity index (χ0v) is 20.6. The maximum absolute atomic E-state index is 5.27. The molecule has 2 aromatic heterocycles. The smallest absolute Gasteiger partial charge is 0.0972 e. The fraction of sp³-hybridized carbons (Fsp3) is 0. The summed E-state index contributed by atoms with van der Waals surface area (Å²) in [5.74, 6) is 0. The fourth-order valence-electron chi connectivity index (χ4n) is 5.78. The number of fused-ring (bicyclic) bond motifs is 8. The third-order valence-corrected chi connectivity index (χ3v) is 7.61. The van der Waals surface area contributed by atoms with Gasteiger partial charge in [0.1, 0.15) is 0 Å². The summed E-state index contributed by atoms with van der Waals surface area (Å²) in [6.45, 7) is 0. The van der Waals surface area contributed by atoms with Crippen LogP contribution in [0.15, 0.2) is 133 Å². The van der Waals surface area contributed by atoms with Crippen LogP contribution < -0.4 is 0 Å². The summed E-state index contributed by atoms with van der Waals surface area (Å²) in [7, 11) is 0. The van der Waals surface area contributed by atoms with E-state index in [1.165, 1.54) is 32.3 Å². The van der Waals surface area contributed by atoms with Gasteiger partial charge in [-0.05, 0) is 50.5 Å². The van der Waals surface area contributed by atoms with E-state index in [2.05, 4.69) is 127 Å². The van der Waals surface area contributed by atoms with Gasteiger partial charge in [-0.25, -0.2) is 9.97 Å². The number of nitrogens with zero attached hydrogens (tertiary/aromatic N) is 2. The van der Waals surface area contributed by atoms with E-state index < -0.39 is 0 Å². The molecule has 0 aliphatic carbocycles. The molecule has 8 rings (SSSR count). The first-order chi connectivity index (χ1) is 18.8. The highest BCUT2D eigenvalue weighted by Gasteiger charge is 2.14. The molecule has 0 bridgehead atoms. The van der Waals surface area contributed by atoms with Crippen molar-refractivity contribution in [2.24, 2.45) is 0 Å². The first-order valence-electron chi connectivity index (χ1n) is 12.9. The molecule has 2 heterocycles. The number of pyridine rings is 2. The van der Waals surface area contributed by atoms with E-state index in [0.717, 1.165) is 44.3 Å². The molecular weight excluding hydrogens is 460 g/mol. The highest BCUT2D eigenvalue weighted by atomic mass is 14.8. The van der Waals surface area contributed by atoms with Gasteiger partial charge < -0.3 is 0 Å². The van der Waals surface area contributed by atoms with Gasteiger partial charge in [-0.3, -0.25) is 0 Å². The minimum absolute atomic E-state index is 0.931. The molecule has 8 aromatic rings. The summed E-state index contributed by atoms with van der Waals surface area (Å²) in [5.41, 5.74) is 6.03. The van der Waals surface area contributed by atoms with Crippen LogP contribution in [-0.2, 0) is 0 Å². The third-order valence-electron chi connectivity index (χ3n) is 7.61. The predicted octanol–water partition coefficient (Wildman–Crippen LogP) is 9.58. The Morgan fingerprint density at radius 2 is 0.921 bits per heavy atom. The lowest BCUT2D eigenvalue weighted by Crippen LogP contribution is -1.92. The summed E-state index contributed by atoms with van der Waals surface area (Å²) in [6.07, 6.45) is 0. The summed E-state index contributed by atoms with van der Waals surface area (Å²) in [4.78, 5) is 10.4. The van der Waals surface area contributed by atoms with Crippen molar-refractivity contribution >= 4 is 54.1 Å². The molecule has 0 aliphatic heterocycles. The van der Waals surface area contributed by atoms with Crippen LogP contribution in [0.5, 0.6) is 0 Å². The van der Waals surface area contributed by atoms with Crippen LogP contribution in [0, 0.1) is 0 Å². The van der Waals surface area contributed by atoms with Gasteiger partial charge in [-0.15, -0.1) is 0 Å². The quantitative estimate of drug-likeness (QED) is 0.229. The minimum Gasteiger partial charge on any atom is -0.245 e. The first-order valence-corrected chi connectivity index (χ1v) is 12.9. The van der Waals surface area contributed by atoms with Crippen molar-refractivity contribution in [3.05, 3.63) is 133 Å². The highest BCUT2D eigenvalue weighted by Crippen LogP contribution is 2.38. The van der Waals surface area contributed by atoms with E-state index in [9.17, 15) is 0 Å². The van der Waals surface area contributed by atoms with Crippen LogP contribution in [0.3, 0.4) is 0 Å². The standard InChI is InChI=1S/C36H22N2/c1-2-9-24(10-3-1)32-20-18-25-15-16-26-19-21-33(38-36(26)35(25)37-32)31-22-27-17-14-23-8-4-5-11-28(23)34(27)30-13-7-6-12-29(30)31/h1-22H. The van der Waals surface area contributed by atoms with E-state index in [1.54, 1.807) is 0 Å². The van der Waals surface area contributed by atoms with Gasteiger partial charge in [0.05, 0.1) is 22.4 Å². The SMILES string of the molecule is c1ccc(-c2ccc3ccc4ccc(-c5cc6ccc7ccccc7c6c6ccccc56)nc4c3n2)cc1. The second-order valence-electron chi connectivity index (χ2n) is 9.82. The van der Waals surface area contributed by atoms with Crippen molar-refractivity contribution < 1.29 is 0 Å². The minimum atomic E-state index is 0.931. The summed E-state index contributed by atoms with van der Waals surface area (Å²) in [5, 5.41) is 9.70. The molecule has 0 spiro atoms. The first kappa shape index (κ1) is 21.0.